The third-order valence-corrected chi connectivity index (χ3v) is 3.07. The second-order valence-electron chi connectivity index (χ2n) is 4.56. The van der Waals surface area contributed by atoms with Gasteiger partial charge in [0.25, 0.3) is 5.91 Å². The van der Waals surface area contributed by atoms with Crippen molar-refractivity contribution in [2.75, 3.05) is 11.9 Å². The molecule has 0 aliphatic carbocycles. The molecule has 0 radical (unpaired) electrons. The van der Waals surface area contributed by atoms with Gasteiger partial charge in [-0.1, -0.05) is 29.8 Å². The molecular formula is C16H16ClNO3. The Balaban J connectivity index is 1.98. The molecule has 0 saturated carbocycles. The molecule has 0 heterocycles. The van der Waals surface area contributed by atoms with Crippen LogP contribution in [0.5, 0.6) is 5.75 Å². The topological polar surface area (TPSA) is 58.6 Å². The van der Waals surface area contributed by atoms with Gasteiger partial charge in [-0.15, -0.1) is 0 Å². The molecular weight excluding hydrogens is 290 g/mol. The van der Waals surface area contributed by atoms with Crippen LogP contribution in [0.25, 0.3) is 0 Å². The molecule has 2 aromatic carbocycles. The SMILES string of the molecule is C[C@@H](O)c1cc(Cl)ccc1OCC(=O)Nc1ccccc1. The second-order valence-corrected chi connectivity index (χ2v) is 5.00. The van der Waals surface area contributed by atoms with E-state index in [-0.39, 0.29) is 12.5 Å². The van der Waals surface area contributed by atoms with Crippen molar-refractivity contribution >= 4 is 23.2 Å². The van der Waals surface area contributed by atoms with Crippen LogP contribution in [0.4, 0.5) is 5.69 Å². The molecule has 4 nitrogen and oxygen atoms in total. The predicted octanol–water partition coefficient (Wildman–Crippen LogP) is 3.41. The second kappa shape index (κ2) is 7.11. The molecule has 2 rings (SSSR count). The fourth-order valence-electron chi connectivity index (χ4n) is 1.84. The summed E-state index contributed by atoms with van der Waals surface area (Å²) in [5, 5.41) is 12.9. The Morgan fingerprint density at radius 2 is 2.00 bits per heavy atom. The van der Waals surface area contributed by atoms with Gasteiger partial charge in [0, 0.05) is 16.3 Å². The van der Waals surface area contributed by atoms with E-state index in [9.17, 15) is 9.90 Å². The number of carbonyl (C=O) groups is 1. The maximum absolute atomic E-state index is 11.8. The largest absolute Gasteiger partial charge is 0.483 e. The minimum absolute atomic E-state index is 0.143. The van der Waals surface area contributed by atoms with Gasteiger partial charge in [0.15, 0.2) is 6.61 Å². The zero-order valence-corrected chi connectivity index (χ0v) is 12.3. The number of rotatable bonds is 5. The van der Waals surface area contributed by atoms with E-state index in [1.165, 1.54) is 0 Å². The molecule has 0 aliphatic rings. The summed E-state index contributed by atoms with van der Waals surface area (Å²) in [6, 6.07) is 14.0. The molecule has 1 atom stereocenters. The number of ether oxygens (including phenoxy) is 1. The third kappa shape index (κ3) is 4.48. The van der Waals surface area contributed by atoms with E-state index in [2.05, 4.69) is 5.32 Å². The van der Waals surface area contributed by atoms with E-state index in [0.29, 0.717) is 22.0 Å². The average Bonchev–Trinajstić information content (AvgIpc) is 2.47. The average molecular weight is 306 g/mol. The first-order chi connectivity index (χ1) is 10.1. The lowest BCUT2D eigenvalue weighted by molar-refractivity contribution is -0.118. The van der Waals surface area contributed by atoms with Crippen LogP contribution in [0.2, 0.25) is 5.02 Å². The standard InChI is InChI=1S/C16H16ClNO3/c1-11(19)14-9-12(17)7-8-15(14)21-10-16(20)18-13-5-3-2-4-6-13/h2-9,11,19H,10H2,1H3,(H,18,20)/t11-/m1/s1. The van der Waals surface area contributed by atoms with Crippen molar-refractivity contribution < 1.29 is 14.6 Å². The summed E-state index contributed by atoms with van der Waals surface area (Å²) in [6.45, 7) is 1.47. The highest BCUT2D eigenvalue weighted by Gasteiger charge is 2.11. The Bertz CT molecular complexity index is 614. The third-order valence-electron chi connectivity index (χ3n) is 2.84. The molecule has 0 saturated heterocycles. The van der Waals surface area contributed by atoms with E-state index in [1.54, 1.807) is 37.3 Å². The molecule has 110 valence electrons. The number of halogens is 1. The summed E-state index contributed by atoms with van der Waals surface area (Å²) in [4.78, 5) is 11.8. The van der Waals surface area contributed by atoms with Gasteiger partial charge in [-0.05, 0) is 37.3 Å². The first-order valence-corrected chi connectivity index (χ1v) is 6.89. The minimum atomic E-state index is -0.726. The van der Waals surface area contributed by atoms with Crippen molar-refractivity contribution in [3.05, 3.63) is 59.1 Å². The number of nitrogens with one attached hydrogen (secondary N) is 1. The zero-order chi connectivity index (χ0) is 15.2. The van der Waals surface area contributed by atoms with Crippen LogP contribution in [0.3, 0.4) is 0 Å². The van der Waals surface area contributed by atoms with Gasteiger partial charge in [0.2, 0.25) is 0 Å². The molecule has 2 N–H and O–H groups in total. The quantitative estimate of drug-likeness (QED) is 0.890. The molecule has 0 fully saturated rings. The Hall–Kier alpha value is -2.04. The van der Waals surface area contributed by atoms with Crippen molar-refractivity contribution in [3.63, 3.8) is 0 Å². The number of benzene rings is 2. The normalized spacial score (nSPS) is 11.8. The first-order valence-electron chi connectivity index (χ1n) is 6.51. The van der Waals surface area contributed by atoms with Crippen LogP contribution in [0.15, 0.2) is 48.5 Å². The highest BCUT2D eigenvalue weighted by atomic mass is 35.5. The van der Waals surface area contributed by atoms with Crippen molar-refractivity contribution in [1.29, 1.82) is 0 Å². The molecule has 21 heavy (non-hydrogen) atoms. The Morgan fingerprint density at radius 1 is 1.29 bits per heavy atom. The number of amides is 1. The molecule has 0 aromatic heterocycles. The Kier molecular flexibility index (Phi) is 5.20. The number of carbonyl (C=O) groups excluding carboxylic acids is 1. The summed E-state index contributed by atoms with van der Waals surface area (Å²) in [5.41, 5.74) is 1.26. The van der Waals surface area contributed by atoms with Crippen LogP contribution < -0.4 is 10.1 Å². The molecule has 2 aromatic rings. The van der Waals surface area contributed by atoms with Gasteiger partial charge in [-0.3, -0.25) is 4.79 Å². The number of anilines is 1. The number of aliphatic hydroxyl groups is 1. The van der Waals surface area contributed by atoms with Gasteiger partial charge >= 0.3 is 0 Å². The molecule has 0 unspecified atom stereocenters. The van der Waals surface area contributed by atoms with E-state index >= 15 is 0 Å². The summed E-state index contributed by atoms with van der Waals surface area (Å²) in [5.74, 6) is 0.172. The predicted molar refractivity (Wildman–Crippen MR) is 82.7 cm³/mol. The van der Waals surface area contributed by atoms with E-state index < -0.39 is 6.10 Å². The van der Waals surface area contributed by atoms with E-state index in [1.807, 2.05) is 18.2 Å². The first kappa shape index (κ1) is 15.4. The fraction of sp³-hybridized carbons (Fsp3) is 0.188. The molecule has 0 bridgehead atoms. The monoisotopic (exact) mass is 305 g/mol. The molecule has 5 heteroatoms. The molecule has 0 aliphatic heterocycles. The van der Waals surface area contributed by atoms with Crippen LogP contribution in [0, 0.1) is 0 Å². The van der Waals surface area contributed by atoms with Gasteiger partial charge in [0.1, 0.15) is 5.75 Å². The van der Waals surface area contributed by atoms with E-state index in [0.717, 1.165) is 0 Å². The summed E-state index contributed by atoms with van der Waals surface area (Å²) in [7, 11) is 0. The van der Waals surface area contributed by atoms with Gasteiger partial charge in [-0.25, -0.2) is 0 Å². The fourth-order valence-corrected chi connectivity index (χ4v) is 2.02. The minimum Gasteiger partial charge on any atom is -0.483 e. The number of hydrogen-bond acceptors (Lipinski definition) is 3. The number of hydrogen-bond donors (Lipinski definition) is 2. The summed E-state index contributed by atoms with van der Waals surface area (Å²) < 4.78 is 5.46. The number of aliphatic hydroxyl groups excluding tert-OH is 1. The number of para-hydroxylation sites is 1. The maximum atomic E-state index is 11.8. The van der Waals surface area contributed by atoms with Crippen molar-refractivity contribution in [3.8, 4) is 5.75 Å². The van der Waals surface area contributed by atoms with Gasteiger partial charge in [0.05, 0.1) is 6.10 Å². The van der Waals surface area contributed by atoms with Crippen molar-refractivity contribution in [1.82, 2.24) is 0 Å². The van der Waals surface area contributed by atoms with Crippen molar-refractivity contribution in [2.45, 2.75) is 13.0 Å². The Morgan fingerprint density at radius 3 is 2.67 bits per heavy atom. The van der Waals surface area contributed by atoms with Crippen LogP contribution >= 0.6 is 11.6 Å². The van der Waals surface area contributed by atoms with Crippen molar-refractivity contribution in [2.24, 2.45) is 0 Å². The van der Waals surface area contributed by atoms with Crippen LogP contribution in [0.1, 0.15) is 18.6 Å². The Labute approximate surface area is 128 Å². The lowest BCUT2D eigenvalue weighted by Crippen LogP contribution is -2.20. The smallest absolute Gasteiger partial charge is 0.262 e. The van der Waals surface area contributed by atoms with Gasteiger partial charge in [-0.2, -0.15) is 0 Å². The summed E-state index contributed by atoms with van der Waals surface area (Å²) >= 11 is 5.88. The molecule has 0 spiro atoms. The van der Waals surface area contributed by atoms with E-state index in [4.69, 9.17) is 16.3 Å². The van der Waals surface area contributed by atoms with Crippen LogP contribution in [-0.2, 0) is 4.79 Å². The van der Waals surface area contributed by atoms with Crippen LogP contribution in [-0.4, -0.2) is 17.6 Å². The lowest BCUT2D eigenvalue weighted by Gasteiger charge is -2.13. The molecule has 1 amide bonds. The maximum Gasteiger partial charge on any atom is 0.262 e. The highest BCUT2D eigenvalue weighted by Crippen LogP contribution is 2.28. The zero-order valence-electron chi connectivity index (χ0n) is 11.5. The van der Waals surface area contributed by atoms with Gasteiger partial charge < -0.3 is 15.2 Å². The lowest BCUT2D eigenvalue weighted by atomic mass is 10.1. The summed E-state index contributed by atoms with van der Waals surface area (Å²) in [6.07, 6.45) is -0.726. The highest BCUT2D eigenvalue weighted by molar-refractivity contribution is 6.30.